The molecule has 3 aromatic heterocycles. The summed E-state index contributed by atoms with van der Waals surface area (Å²) in [5.41, 5.74) is 2.14. The third kappa shape index (κ3) is 3.13. The third-order valence-electron chi connectivity index (χ3n) is 4.21. The summed E-state index contributed by atoms with van der Waals surface area (Å²) in [5, 5.41) is 14.6. The van der Waals surface area contributed by atoms with Gasteiger partial charge in [0.1, 0.15) is 5.76 Å². The molecule has 0 spiro atoms. The van der Waals surface area contributed by atoms with E-state index in [9.17, 15) is 0 Å². The van der Waals surface area contributed by atoms with Crippen molar-refractivity contribution in [3.05, 3.63) is 83.1 Å². The highest BCUT2D eigenvalue weighted by atomic mass is 35.5. The molecule has 0 N–H and O–H groups in total. The Hall–Kier alpha value is -2.96. The summed E-state index contributed by atoms with van der Waals surface area (Å²) in [6.45, 7) is 0. The molecule has 0 unspecified atom stereocenters. The number of hydrogen-bond acceptors (Lipinski definition) is 5. The maximum Gasteiger partial charge on any atom is 0.235 e. The first-order chi connectivity index (χ1) is 13.3. The van der Waals surface area contributed by atoms with E-state index in [1.807, 2.05) is 54.6 Å². The molecule has 2 aromatic carbocycles. The van der Waals surface area contributed by atoms with E-state index in [4.69, 9.17) is 16.0 Å². The highest BCUT2D eigenvalue weighted by Crippen LogP contribution is 2.31. The number of aromatic nitrogens is 4. The molecule has 0 saturated carbocycles. The summed E-state index contributed by atoms with van der Waals surface area (Å²) in [7, 11) is 0. The molecule has 0 aliphatic carbocycles. The fraction of sp³-hybridized carbons (Fsp3) is 0.0500. The molecule has 0 radical (unpaired) electrons. The summed E-state index contributed by atoms with van der Waals surface area (Å²) < 4.78 is 7.79. The minimum Gasteiger partial charge on any atom is -0.454 e. The fourth-order valence-electron chi connectivity index (χ4n) is 2.87. The zero-order valence-electron chi connectivity index (χ0n) is 14.0. The zero-order chi connectivity index (χ0) is 18.2. The quantitative estimate of drug-likeness (QED) is 0.413. The number of fused-ring (bicyclic) bond motifs is 1. The van der Waals surface area contributed by atoms with Gasteiger partial charge in [-0.15, -0.1) is 15.3 Å². The number of nitrogens with zero attached hydrogens (tertiary/aromatic N) is 4. The van der Waals surface area contributed by atoms with Gasteiger partial charge in [0, 0.05) is 17.0 Å². The number of rotatable bonds is 4. The lowest BCUT2D eigenvalue weighted by atomic mass is 10.1. The molecule has 0 fully saturated rings. The second kappa shape index (κ2) is 6.64. The van der Waals surface area contributed by atoms with Crippen LogP contribution in [0.25, 0.3) is 27.1 Å². The molecule has 0 aliphatic rings. The van der Waals surface area contributed by atoms with Crippen molar-refractivity contribution in [1.29, 1.82) is 0 Å². The number of furan rings is 1. The molecular formula is C20H13ClN4OS. The van der Waals surface area contributed by atoms with Crippen molar-refractivity contribution in [2.24, 2.45) is 0 Å². The second-order valence-corrected chi connectivity index (χ2v) is 7.44. The molecule has 132 valence electrons. The minimum atomic E-state index is 0.680. The number of benzene rings is 2. The van der Waals surface area contributed by atoms with E-state index in [-0.39, 0.29) is 0 Å². The van der Waals surface area contributed by atoms with E-state index in [1.54, 1.807) is 4.52 Å². The first-order valence-corrected chi connectivity index (χ1v) is 9.57. The van der Waals surface area contributed by atoms with E-state index < -0.39 is 0 Å². The van der Waals surface area contributed by atoms with Crippen molar-refractivity contribution in [2.75, 3.05) is 0 Å². The second-order valence-electron chi connectivity index (χ2n) is 6.05. The van der Waals surface area contributed by atoms with Gasteiger partial charge in [0.2, 0.25) is 4.96 Å². The fourth-order valence-corrected chi connectivity index (χ4v) is 3.81. The van der Waals surface area contributed by atoms with Crippen molar-refractivity contribution in [3.63, 3.8) is 0 Å². The Bertz CT molecular complexity index is 1210. The molecule has 0 amide bonds. The predicted molar refractivity (Wildman–Crippen MR) is 106 cm³/mol. The van der Waals surface area contributed by atoms with Crippen molar-refractivity contribution < 1.29 is 4.42 Å². The Kier molecular flexibility index (Phi) is 3.99. The molecule has 5 aromatic rings. The van der Waals surface area contributed by atoms with Gasteiger partial charge in [0.25, 0.3) is 0 Å². The summed E-state index contributed by atoms with van der Waals surface area (Å²) in [6.07, 6.45) is 0.680. The average molecular weight is 393 g/mol. The van der Waals surface area contributed by atoms with Gasteiger partial charge in [-0.2, -0.15) is 4.52 Å². The molecular weight excluding hydrogens is 380 g/mol. The lowest BCUT2D eigenvalue weighted by Gasteiger charge is -1.97. The standard InChI is InChI=1S/C20H13ClN4OS/c21-15-8-6-14(7-9-15)16-10-11-17(26-16)19-24-25-18(22-23-20(25)27-19)12-13-4-2-1-3-5-13/h1-11H,12H2. The Labute approximate surface area is 163 Å². The van der Waals surface area contributed by atoms with E-state index in [2.05, 4.69) is 27.4 Å². The van der Waals surface area contributed by atoms with Crippen LogP contribution in [-0.4, -0.2) is 19.8 Å². The normalized spacial score (nSPS) is 11.3. The van der Waals surface area contributed by atoms with Crippen LogP contribution in [-0.2, 0) is 6.42 Å². The van der Waals surface area contributed by atoms with Crippen molar-refractivity contribution >= 4 is 27.9 Å². The molecule has 0 saturated heterocycles. The van der Waals surface area contributed by atoms with Crippen molar-refractivity contribution in [2.45, 2.75) is 6.42 Å². The zero-order valence-corrected chi connectivity index (χ0v) is 15.6. The lowest BCUT2D eigenvalue weighted by Crippen LogP contribution is -1.97. The summed E-state index contributed by atoms with van der Waals surface area (Å²) in [6, 6.07) is 21.6. The Balaban J connectivity index is 1.47. The lowest BCUT2D eigenvalue weighted by molar-refractivity contribution is 0.595. The minimum absolute atomic E-state index is 0.680. The van der Waals surface area contributed by atoms with Crippen LogP contribution < -0.4 is 0 Å². The molecule has 0 atom stereocenters. The summed E-state index contributed by atoms with van der Waals surface area (Å²) >= 11 is 7.41. The van der Waals surface area contributed by atoms with Gasteiger partial charge in [-0.05, 0) is 42.0 Å². The number of halogens is 1. The van der Waals surface area contributed by atoms with Crippen LogP contribution >= 0.6 is 22.9 Å². The molecule has 5 rings (SSSR count). The average Bonchev–Trinajstić information content (AvgIpc) is 3.40. The van der Waals surface area contributed by atoms with Crippen LogP contribution in [0.15, 0.2) is 71.1 Å². The van der Waals surface area contributed by atoms with Gasteiger partial charge in [0.15, 0.2) is 16.6 Å². The van der Waals surface area contributed by atoms with E-state index in [1.165, 1.54) is 16.9 Å². The van der Waals surface area contributed by atoms with Gasteiger partial charge in [-0.3, -0.25) is 0 Å². The van der Waals surface area contributed by atoms with E-state index in [0.717, 1.165) is 27.1 Å². The molecule has 0 bridgehead atoms. The predicted octanol–water partition coefficient (Wildman–Crippen LogP) is 5.36. The van der Waals surface area contributed by atoms with Crippen molar-refractivity contribution in [3.8, 4) is 22.1 Å². The van der Waals surface area contributed by atoms with Crippen LogP contribution in [0, 0.1) is 0 Å². The van der Waals surface area contributed by atoms with Gasteiger partial charge in [-0.25, -0.2) is 0 Å². The van der Waals surface area contributed by atoms with Gasteiger partial charge in [-0.1, -0.05) is 53.3 Å². The third-order valence-corrected chi connectivity index (χ3v) is 5.37. The maximum atomic E-state index is 6.00. The van der Waals surface area contributed by atoms with Crippen LogP contribution in [0.3, 0.4) is 0 Å². The van der Waals surface area contributed by atoms with Crippen molar-refractivity contribution in [1.82, 2.24) is 19.8 Å². The molecule has 3 heterocycles. The highest BCUT2D eigenvalue weighted by molar-refractivity contribution is 7.19. The Morgan fingerprint density at radius 3 is 2.48 bits per heavy atom. The number of hydrogen-bond donors (Lipinski definition) is 0. The Morgan fingerprint density at radius 2 is 1.67 bits per heavy atom. The largest absolute Gasteiger partial charge is 0.454 e. The van der Waals surface area contributed by atoms with Gasteiger partial charge < -0.3 is 4.42 Å². The highest BCUT2D eigenvalue weighted by Gasteiger charge is 2.16. The maximum absolute atomic E-state index is 6.00. The first kappa shape index (κ1) is 16.2. The van der Waals surface area contributed by atoms with E-state index >= 15 is 0 Å². The molecule has 5 nitrogen and oxygen atoms in total. The molecule has 0 aliphatic heterocycles. The molecule has 7 heteroatoms. The van der Waals surface area contributed by atoms with Gasteiger partial charge in [0.05, 0.1) is 0 Å². The van der Waals surface area contributed by atoms with Crippen LogP contribution in [0.2, 0.25) is 5.02 Å². The molecule has 27 heavy (non-hydrogen) atoms. The summed E-state index contributed by atoms with van der Waals surface area (Å²) in [5.74, 6) is 2.29. The van der Waals surface area contributed by atoms with Gasteiger partial charge >= 0.3 is 0 Å². The SMILES string of the molecule is Clc1ccc(-c2ccc(-c3nn4c(Cc5ccccc5)nnc4s3)o2)cc1. The first-order valence-electron chi connectivity index (χ1n) is 8.37. The monoisotopic (exact) mass is 392 g/mol. The topological polar surface area (TPSA) is 56.2 Å². The van der Waals surface area contributed by atoms with Crippen LogP contribution in [0.4, 0.5) is 0 Å². The van der Waals surface area contributed by atoms with Crippen LogP contribution in [0.5, 0.6) is 0 Å². The summed E-state index contributed by atoms with van der Waals surface area (Å²) in [4.78, 5) is 0.750. The Morgan fingerprint density at radius 1 is 0.889 bits per heavy atom. The van der Waals surface area contributed by atoms with E-state index in [0.29, 0.717) is 17.2 Å². The van der Waals surface area contributed by atoms with Crippen LogP contribution in [0.1, 0.15) is 11.4 Å². The smallest absolute Gasteiger partial charge is 0.235 e.